The minimum Gasteiger partial charge on any atom is -0.352 e. The van der Waals surface area contributed by atoms with E-state index in [9.17, 15) is 4.79 Å². The number of hydrogen-bond donors (Lipinski definition) is 1. The molecule has 0 bridgehead atoms. The molecule has 0 radical (unpaired) electrons. The second-order valence-corrected chi connectivity index (χ2v) is 4.73. The first kappa shape index (κ1) is 11.5. The smallest absolute Gasteiger partial charge is 0.223 e. The normalized spacial score (nSPS) is 24.9. The lowest BCUT2D eigenvalue weighted by Crippen LogP contribution is -2.35. The lowest BCUT2D eigenvalue weighted by atomic mass is 10.1. The van der Waals surface area contributed by atoms with Crippen molar-refractivity contribution >= 4 is 17.5 Å². The van der Waals surface area contributed by atoms with Crippen LogP contribution in [-0.4, -0.2) is 17.8 Å². The molecule has 1 aromatic rings. The van der Waals surface area contributed by atoms with Gasteiger partial charge in [-0.05, 0) is 24.8 Å². The Morgan fingerprint density at radius 2 is 2.19 bits per heavy atom. The number of carbonyl (C=O) groups excluding carboxylic acids is 1. The topological polar surface area (TPSA) is 29.1 Å². The van der Waals surface area contributed by atoms with Crippen LogP contribution in [-0.2, 0) is 4.79 Å². The van der Waals surface area contributed by atoms with E-state index in [0.717, 1.165) is 6.42 Å². The Morgan fingerprint density at radius 3 is 2.81 bits per heavy atom. The number of rotatable bonds is 4. The second-order valence-electron chi connectivity index (χ2n) is 4.42. The fourth-order valence-electron chi connectivity index (χ4n) is 1.94. The van der Waals surface area contributed by atoms with Gasteiger partial charge in [0, 0.05) is 17.8 Å². The zero-order valence-corrected chi connectivity index (χ0v) is 10.1. The van der Waals surface area contributed by atoms with Crippen LogP contribution in [0.15, 0.2) is 30.3 Å². The Balaban J connectivity index is 1.89. The van der Waals surface area contributed by atoms with E-state index in [-0.39, 0.29) is 17.9 Å². The molecule has 3 atom stereocenters. The van der Waals surface area contributed by atoms with Crippen LogP contribution >= 0.6 is 11.6 Å². The largest absolute Gasteiger partial charge is 0.352 e. The van der Waals surface area contributed by atoms with Crippen molar-refractivity contribution in [1.82, 2.24) is 5.32 Å². The average molecular weight is 238 g/mol. The summed E-state index contributed by atoms with van der Waals surface area (Å²) in [6.07, 6.45) is 0.963. The lowest BCUT2D eigenvalue weighted by Gasteiger charge is -2.10. The van der Waals surface area contributed by atoms with Gasteiger partial charge in [0.05, 0.1) is 0 Å². The van der Waals surface area contributed by atoms with Gasteiger partial charge in [0.1, 0.15) is 0 Å². The molecule has 86 valence electrons. The van der Waals surface area contributed by atoms with Gasteiger partial charge in [-0.3, -0.25) is 4.79 Å². The maximum absolute atomic E-state index is 11.8. The first-order valence-corrected chi connectivity index (χ1v) is 6.17. The number of halogens is 1. The van der Waals surface area contributed by atoms with E-state index in [2.05, 4.69) is 17.4 Å². The fraction of sp³-hybridized carbons (Fsp3) is 0.462. The highest BCUT2D eigenvalue weighted by Gasteiger charge is 2.43. The number of carbonyl (C=O) groups is 1. The molecule has 0 saturated heterocycles. The Kier molecular flexibility index (Phi) is 3.49. The first-order valence-electron chi connectivity index (χ1n) is 5.63. The van der Waals surface area contributed by atoms with Crippen molar-refractivity contribution in [2.45, 2.75) is 25.3 Å². The highest BCUT2D eigenvalue weighted by atomic mass is 35.5. The van der Waals surface area contributed by atoms with E-state index in [1.807, 2.05) is 25.1 Å². The van der Waals surface area contributed by atoms with E-state index in [4.69, 9.17) is 11.6 Å². The van der Waals surface area contributed by atoms with Gasteiger partial charge in [-0.25, -0.2) is 0 Å². The van der Waals surface area contributed by atoms with E-state index in [1.54, 1.807) is 0 Å². The Morgan fingerprint density at radius 1 is 1.50 bits per heavy atom. The summed E-state index contributed by atoms with van der Waals surface area (Å²) >= 11 is 5.66. The van der Waals surface area contributed by atoms with E-state index >= 15 is 0 Å². The third-order valence-electron chi connectivity index (χ3n) is 2.98. The molecule has 3 heteroatoms. The second kappa shape index (κ2) is 4.88. The van der Waals surface area contributed by atoms with Gasteiger partial charge in [-0.15, -0.1) is 11.6 Å². The van der Waals surface area contributed by atoms with Crippen LogP contribution in [0.25, 0.3) is 0 Å². The molecule has 1 aliphatic rings. The number of alkyl halides is 1. The summed E-state index contributed by atoms with van der Waals surface area (Å²) in [5.74, 6) is 1.16. The zero-order chi connectivity index (χ0) is 11.5. The van der Waals surface area contributed by atoms with Gasteiger partial charge in [0.25, 0.3) is 0 Å². The maximum Gasteiger partial charge on any atom is 0.223 e. The fourth-order valence-corrected chi connectivity index (χ4v) is 2.02. The van der Waals surface area contributed by atoms with Crippen LogP contribution in [0.5, 0.6) is 0 Å². The molecule has 1 aromatic carbocycles. The monoisotopic (exact) mass is 237 g/mol. The molecule has 0 spiro atoms. The SMILES string of the molecule is CC(CCl)NC(=O)C1CC1c1ccccc1. The minimum absolute atomic E-state index is 0.0613. The van der Waals surface area contributed by atoms with Crippen molar-refractivity contribution < 1.29 is 4.79 Å². The van der Waals surface area contributed by atoms with Gasteiger partial charge < -0.3 is 5.32 Å². The summed E-state index contributed by atoms with van der Waals surface area (Å²) in [6, 6.07) is 10.3. The standard InChI is InChI=1S/C13H16ClNO/c1-9(8-14)15-13(16)12-7-11(12)10-5-3-2-4-6-10/h2-6,9,11-12H,7-8H2,1H3,(H,15,16). The molecule has 1 aliphatic carbocycles. The first-order chi connectivity index (χ1) is 7.72. The van der Waals surface area contributed by atoms with Crippen LogP contribution in [0.3, 0.4) is 0 Å². The third kappa shape index (κ3) is 2.56. The van der Waals surface area contributed by atoms with Crippen molar-refractivity contribution in [1.29, 1.82) is 0 Å². The minimum atomic E-state index is 0.0613. The van der Waals surface area contributed by atoms with Gasteiger partial charge >= 0.3 is 0 Å². The Bertz CT molecular complexity index is 365. The molecule has 3 unspecified atom stereocenters. The summed E-state index contributed by atoms with van der Waals surface area (Å²) < 4.78 is 0. The van der Waals surface area contributed by atoms with E-state index < -0.39 is 0 Å². The van der Waals surface area contributed by atoms with Crippen LogP contribution in [0.1, 0.15) is 24.8 Å². The van der Waals surface area contributed by atoms with Crippen molar-refractivity contribution in [3.63, 3.8) is 0 Å². The molecule has 1 amide bonds. The molecule has 1 N–H and O–H groups in total. The number of benzene rings is 1. The Labute approximate surface area is 101 Å². The van der Waals surface area contributed by atoms with Crippen molar-refractivity contribution in [2.75, 3.05) is 5.88 Å². The highest BCUT2D eigenvalue weighted by Crippen LogP contribution is 2.47. The predicted molar refractivity (Wildman–Crippen MR) is 65.6 cm³/mol. The number of nitrogens with one attached hydrogen (secondary N) is 1. The van der Waals surface area contributed by atoms with Gasteiger partial charge in [0.2, 0.25) is 5.91 Å². The van der Waals surface area contributed by atoms with E-state index in [1.165, 1.54) is 5.56 Å². The molecular formula is C13H16ClNO. The molecule has 1 fully saturated rings. The molecule has 16 heavy (non-hydrogen) atoms. The summed E-state index contributed by atoms with van der Waals surface area (Å²) in [7, 11) is 0. The van der Waals surface area contributed by atoms with E-state index in [0.29, 0.717) is 11.8 Å². The maximum atomic E-state index is 11.8. The molecule has 0 aromatic heterocycles. The summed E-state index contributed by atoms with van der Waals surface area (Å²) in [5.41, 5.74) is 1.26. The zero-order valence-electron chi connectivity index (χ0n) is 9.32. The molecule has 2 nitrogen and oxygen atoms in total. The van der Waals surface area contributed by atoms with Gasteiger partial charge in [0.15, 0.2) is 0 Å². The quantitative estimate of drug-likeness (QED) is 0.802. The van der Waals surface area contributed by atoms with Crippen molar-refractivity contribution in [3.05, 3.63) is 35.9 Å². The number of amides is 1. The predicted octanol–water partition coefficient (Wildman–Crippen LogP) is 2.53. The lowest BCUT2D eigenvalue weighted by molar-refractivity contribution is -0.122. The molecule has 1 saturated carbocycles. The molecule has 2 rings (SSSR count). The highest BCUT2D eigenvalue weighted by molar-refractivity contribution is 6.18. The van der Waals surface area contributed by atoms with Crippen LogP contribution < -0.4 is 5.32 Å². The van der Waals surface area contributed by atoms with Gasteiger partial charge in [-0.1, -0.05) is 30.3 Å². The molecular weight excluding hydrogens is 222 g/mol. The van der Waals surface area contributed by atoms with Crippen LogP contribution in [0, 0.1) is 5.92 Å². The van der Waals surface area contributed by atoms with Crippen LogP contribution in [0.4, 0.5) is 0 Å². The van der Waals surface area contributed by atoms with Crippen molar-refractivity contribution in [3.8, 4) is 0 Å². The summed E-state index contributed by atoms with van der Waals surface area (Å²) in [4.78, 5) is 11.8. The van der Waals surface area contributed by atoms with Crippen molar-refractivity contribution in [2.24, 2.45) is 5.92 Å². The summed E-state index contributed by atoms with van der Waals surface area (Å²) in [6.45, 7) is 1.92. The Hall–Kier alpha value is -1.02. The number of hydrogen-bond acceptors (Lipinski definition) is 1. The third-order valence-corrected chi connectivity index (χ3v) is 3.44. The van der Waals surface area contributed by atoms with Gasteiger partial charge in [-0.2, -0.15) is 0 Å². The average Bonchev–Trinajstić information content (AvgIpc) is 3.10. The summed E-state index contributed by atoms with van der Waals surface area (Å²) in [5, 5.41) is 2.92. The molecule has 0 aliphatic heterocycles. The van der Waals surface area contributed by atoms with Crippen LogP contribution in [0.2, 0.25) is 0 Å². The molecule has 0 heterocycles.